The molecule has 0 unspecified atom stereocenters. The summed E-state index contributed by atoms with van der Waals surface area (Å²) in [5.74, 6) is -1.70. The van der Waals surface area contributed by atoms with Gasteiger partial charge in [-0.2, -0.15) is 0 Å². The number of amides is 1. The summed E-state index contributed by atoms with van der Waals surface area (Å²) >= 11 is 0. The van der Waals surface area contributed by atoms with E-state index in [0.717, 1.165) is 0 Å². The third kappa shape index (κ3) is 3.79. The molecule has 110 valence electrons. The molecule has 1 aromatic carbocycles. The van der Waals surface area contributed by atoms with Crippen LogP contribution < -0.4 is 5.32 Å². The Bertz CT molecular complexity index is 510. The number of hydrogen-bond donors (Lipinski definition) is 2. The molecule has 4 nitrogen and oxygen atoms in total. The standard InChI is InChI=1S/C15H20FNO3/c1-4-15(5-2,9-13(18)19)17-14(20)11-6-7-12(16)10(3)8-11/h6-8H,4-5,9H2,1-3H3,(H,17,20)(H,18,19). The van der Waals surface area contributed by atoms with Crippen LogP contribution in [0.15, 0.2) is 18.2 Å². The van der Waals surface area contributed by atoms with E-state index in [2.05, 4.69) is 5.32 Å². The van der Waals surface area contributed by atoms with Crippen LogP contribution in [-0.4, -0.2) is 22.5 Å². The van der Waals surface area contributed by atoms with Gasteiger partial charge in [-0.1, -0.05) is 13.8 Å². The van der Waals surface area contributed by atoms with Crippen LogP contribution in [0.25, 0.3) is 0 Å². The van der Waals surface area contributed by atoms with E-state index in [-0.39, 0.29) is 18.1 Å². The van der Waals surface area contributed by atoms with E-state index in [1.165, 1.54) is 18.2 Å². The van der Waals surface area contributed by atoms with Crippen LogP contribution in [0.4, 0.5) is 4.39 Å². The van der Waals surface area contributed by atoms with Crippen molar-refractivity contribution in [3.05, 3.63) is 35.1 Å². The van der Waals surface area contributed by atoms with E-state index >= 15 is 0 Å². The number of carbonyl (C=O) groups excluding carboxylic acids is 1. The van der Waals surface area contributed by atoms with Crippen LogP contribution in [-0.2, 0) is 4.79 Å². The highest BCUT2D eigenvalue weighted by molar-refractivity contribution is 5.95. The highest BCUT2D eigenvalue weighted by Gasteiger charge is 2.31. The second-order valence-electron chi connectivity index (χ2n) is 4.98. The zero-order valence-electron chi connectivity index (χ0n) is 12.0. The monoisotopic (exact) mass is 281 g/mol. The Labute approximate surface area is 118 Å². The minimum absolute atomic E-state index is 0.133. The Balaban J connectivity index is 2.95. The van der Waals surface area contributed by atoms with Crippen LogP contribution in [0, 0.1) is 12.7 Å². The molecule has 2 N–H and O–H groups in total. The minimum atomic E-state index is -0.954. The molecule has 5 heteroatoms. The molecule has 0 saturated carbocycles. The Morgan fingerprint density at radius 3 is 2.35 bits per heavy atom. The van der Waals surface area contributed by atoms with Crippen LogP contribution >= 0.6 is 0 Å². The van der Waals surface area contributed by atoms with Gasteiger partial charge >= 0.3 is 5.97 Å². The van der Waals surface area contributed by atoms with E-state index in [0.29, 0.717) is 24.0 Å². The Morgan fingerprint density at radius 1 is 1.30 bits per heavy atom. The number of carboxylic acid groups (broad SMARTS) is 1. The van der Waals surface area contributed by atoms with Crippen molar-refractivity contribution in [1.29, 1.82) is 0 Å². The largest absolute Gasteiger partial charge is 0.481 e. The number of benzene rings is 1. The predicted molar refractivity (Wildman–Crippen MR) is 74.2 cm³/mol. The van der Waals surface area contributed by atoms with Gasteiger partial charge in [0, 0.05) is 5.56 Å². The van der Waals surface area contributed by atoms with Crippen LogP contribution in [0.5, 0.6) is 0 Å². The highest BCUT2D eigenvalue weighted by atomic mass is 19.1. The highest BCUT2D eigenvalue weighted by Crippen LogP contribution is 2.21. The van der Waals surface area contributed by atoms with Crippen molar-refractivity contribution in [3.8, 4) is 0 Å². The van der Waals surface area contributed by atoms with Gasteiger partial charge in [-0.05, 0) is 43.5 Å². The fraction of sp³-hybridized carbons (Fsp3) is 0.467. The lowest BCUT2D eigenvalue weighted by Crippen LogP contribution is -2.49. The molecule has 0 aliphatic rings. The quantitative estimate of drug-likeness (QED) is 0.842. The average molecular weight is 281 g/mol. The summed E-state index contributed by atoms with van der Waals surface area (Å²) in [5.41, 5.74) is -0.0550. The smallest absolute Gasteiger partial charge is 0.305 e. The van der Waals surface area contributed by atoms with E-state index < -0.39 is 11.5 Å². The van der Waals surface area contributed by atoms with Crippen molar-refractivity contribution in [3.63, 3.8) is 0 Å². The average Bonchev–Trinajstić information content (AvgIpc) is 2.40. The van der Waals surface area contributed by atoms with Gasteiger partial charge in [-0.25, -0.2) is 4.39 Å². The summed E-state index contributed by atoms with van der Waals surface area (Å²) in [6.07, 6.45) is 0.898. The summed E-state index contributed by atoms with van der Waals surface area (Å²) in [5, 5.41) is 11.8. The van der Waals surface area contributed by atoms with E-state index in [1.807, 2.05) is 13.8 Å². The number of rotatable bonds is 6. The zero-order chi connectivity index (χ0) is 15.3. The van der Waals surface area contributed by atoms with Gasteiger partial charge in [0.25, 0.3) is 5.91 Å². The third-order valence-electron chi connectivity index (χ3n) is 3.64. The molecule has 1 rings (SSSR count). The lowest BCUT2D eigenvalue weighted by atomic mass is 9.88. The SMILES string of the molecule is CCC(CC)(CC(=O)O)NC(=O)c1ccc(F)c(C)c1. The number of hydrogen-bond acceptors (Lipinski definition) is 2. The first-order valence-corrected chi connectivity index (χ1v) is 6.64. The van der Waals surface area contributed by atoms with E-state index in [9.17, 15) is 14.0 Å². The van der Waals surface area contributed by atoms with E-state index in [1.54, 1.807) is 6.92 Å². The van der Waals surface area contributed by atoms with Crippen molar-refractivity contribution in [2.45, 2.75) is 45.6 Å². The molecule has 0 aliphatic heterocycles. The third-order valence-corrected chi connectivity index (χ3v) is 3.64. The van der Waals surface area contributed by atoms with Crippen molar-refractivity contribution in [1.82, 2.24) is 5.32 Å². The van der Waals surface area contributed by atoms with Gasteiger partial charge in [0.05, 0.1) is 12.0 Å². The summed E-state index contributed by atoms with van der Waals surface area (Å²) in [6, 6.07) is 4.09. The first kappa shape index (κ1) is 16.1. The van der Waals surface area contributed by atoms with Crippen LogP contribution in [0.3, 0.4) is 0 Å². The predicted octanol–water partition coefficient (Wildman–Crippen LogP) is 2.90. The Morgan fingerprint density at radius 2 is 1.90 bits per heavy atom. The molecule has 20 heavy (non-hydrogen) atoms. The maximum absolute atomic E-state index is 13.2. The fourth-order valence-corrected chi connectivity index (χ4v) is 2.11. The summed E-state index contributed by atoms with van der Waals surface area (Å²) in [4.78, 5) is 23.1. The molecule has 1 aromatic rings. The zero-order valence-corrected chi connectivity index (χ0v) is 12.0. The minimum Gasteiger partial charge on any atom is -0.481 e. The summed E-state index contributed by atoms with van der Waals surface area (Å²) < 4.78 is 13.2. The molecular weight excluding hydrogens is 261 g/mol. The molecular formula is C15H20FNO3. The van der Waals surface area contributed by atoms with Crippen molar-refractivity contribution in [2.75, 3.05) is 0 Å². The van der Waals surface area contributed by atoms with Crippen LogP contribution in [0.1, 0.15) is 49.0 Å². The van der Waals surface area contributed by atoms with Gasteiger partial charge in [-0.3, -0.25) is 9.59 Å². The number of aryl methyl sites for hydroxylation is 1. The van der Waals surface area contributed by atoms with Gasteiger partial charge in [0.2, 0.25) is 0 Å². The molecule has 0 aromatic heterocycles. The number of nitrogens with one attached hydrogen (secondary N) is 1. The Hall–Kier alpha value is -1.91. The van der Waals surface area contributed by atoms with Crippen molar-refractivity contribution < 1.29 is 19.1 Å². The van der Waals surface area contributed by atoms with Gasteiger partial charge in [-0.15, -0.1) is 0 Å². The topological polar surface area (TPSA) is 66.4 Å². The molecule has 0 saturated heterocycles. The first-order valence-electron chi connectivity index (χ1n) is 6.64. The normalized spacial score (nSPS) is 11.2. The summed E-state index contributed by atoms with van der Waals surface area (Å²) in [6.45, 7) is 5.25. The van der Waals surface area contributed by atoms with Gasteiger partial charge < -0.3 is 10.4 Å². The van der Waals surface area contributed by atoms with Crippen molar-refractivity contribution >= 4 is 11.9 Å². The number of carbonyl (C=O) groups is 2. The lowest BCUT2D eigenvalue weighted by Gasteiger charge is -2.31. The maximum Gasteiger partial charge on any atom is 0.305 e. The van der Waals surface area contributed by atoms with Gasteiger partial charge in [0.15, 0.2) is 0 Å². The Kier molecular flexibility index (Phi) is 5.25. The lowest BCUT2D eigenvalue weighted by molar-refractivity contribution is -0.138. The maximum atomic E-state index is 13.2. The molecule has 0 bridgehead atoms. The van der Waals surface area contributed by atoms with Crippen molar-refractivity contribution in [2.24, 2.45) is 0 Å². The van der Waals surface area contributed by atoms with Crippen LogP contribution in [0.2, 0.25) is 0 Å². The number of aliphatic carboxylic acids is 1. The summed E-state index contributed by atoms with van der Waals surface area (Å²) in [7, 11) is 0. The number of carboxylic acids is 1. The molecule has 0 aliphatic carbocycles. The number of halogens is 1. The molecule has 1 amide bonds. The molecule has 0 atom stereocenters. The van der Waals surface area contributed by atoms with Gasteiger partial charge in [0.1, 0.15) is 5.82 Å². The second-order valence-corrected chi connectivity index (χ2v) is 4.98. The van der Waals surface area contributed by atoms with E-state index in [4.69, 9.17) is 5.11 Å². The molecule has 0 heterocycles. The fourth-order valence-electron chi connectivity index (χ4n) is 2.11. The molecule has 0 fully saturated rings. The first-order chi connectivity index (χ1) is 9.33. The molecule has 0 radical (unpaired) electrons. The second kappa shape index (κ2) is 6.50. The molecule has 0 spiro atoms.